The van der Waals surface area contributed by atoms with Crippen molar-refractivity contribution in [2.75, 3.05) is 0 Å². The van der Waals surface area contributed by atoms with Gasteiger partial charge in [-0.05, 0) is 67.3 Å². The molecule has 182 valence electrons. The highest BCUT2D eigenvalue weighted by Gasteiger charge is 2.26. The molecule has 8 nitrogen and oxygen atoms in total. The molecular formula is C28H24BN5O3. The van der Waals surface area contributed by atoms with Gasteiger partial charge in [0.15, 0.2) is 5.65 Å². The summed E-state index contributed by atoms with van der Waals surface area (Å²) in [7, 11) is -1.68. The number of aryl methyl sites for hydroxylation is 2. The summed E-state index contributed by atoms with van der Waals surface area (Å²) in [5, 5.41) is 22.6. The number of nitrogens with zero attached hydrogens (tertiary/aromatic N) is 4. The molecule has 0 saturated carbocycles. The predicted molar refractivity (Wildman–Crippen MR) is 142 cm³/mol. The maximum Gasteiger partial charge on any atom is 0.508 e. The van der Waals surface area contributed by atoms with Crippen molar-refractivity contribution in [2.24, 2.45) is 0 Å². The van der Waals surface area contributed by atoms with E-state index in [9.17, 15) is 14.8 Å². The summed E-state index contributed by atoms with van der Waals surface area (Å²) in [6, 6.07) is 22.8. The zero-order valence-electron chi connectivity index (χ0n) is 20.2. The van der Waals surface area contributed by atoms with Crippen molar-refractivity contribution < 1.29 is 14.8 Å². The number of aromatic nitrogens is 4. The van der Waals surface area contributed by atoms with Crippen LogP contribution in [-0.2, 0) is 6.42 Å². The van der Waals surface area contributed by atoms with Crippen molar-refractivity contribution in [3.63, 3.8) is 0 Å². The second kappa shape index (κ2) is 9.27. The second-order valence-electron chi connectivity index (χ2n) is 9.23. The summed E-state index contributed by atoms with van der Waals surface area (Å²) < 4.78 is 1.95. The van der Waals surface area contributed by atoms with Crippen LogP contribution >= 0.6 is 0 Å². The van der Waals surface area contributed by atoms with Crippen LogP contribution in [0.15, 0.2) is 79.0 Å². The Labute approximate surface area is 213 Å². The van der Waals surface area contributed by atoms with E-state index in [1.807, 2.05) is 60.0 Å². The maximum atomic E-state index is 12.8. The highest BCUT2D eigenvalue weighted by Crippen LogP contribution is 2.35. The van der Waals surface area contributed by atoms with Crippen LogP contribution in [0.5, 0.6) is 0 Å². The molecule has 6 rings (SSSR count). The van der Waals surface area contributed by atoms with E-state index >= 15 is 0 Å². The smallest absolute Gasteiger partial charge is 0.422 e. The van der Waals surface area contributed by atoms with Crippen molar-refractivity contribution in [1.82, 2.24) is 24.8 Å². The lowest BCUT2D eigenvalue weighted by atomic mass is 9.86. The lowest BCUT2D eigenvalue weighted by molar-refractivity contribution is 0.0936. The number of fused-ring (bicyclic) bond motifs is 2. The van der Waals surface area contributed by atoms with E-state index in [-0.39, 0.29) is 17.5 Å². The number of rotatable bonds is 5. The largest absolute Gasteiger partial charge is 0.508 e. The van der Waals surface area contributed by atoms with Gasteiger partial charge in [0.2, 0.25) is 0 Å². The van der Waals surface area contributed by atoms with Gasteiger partial charge in [0.05, 0.1) is 17.2 Å². The molecule has 0 unspecified atom stereocenters. The monoisotopic (exact) mass is 489 g/mol. The average Bonchev–Trinajstić information content (AvgIpc) is 3.50. The van der Waals surface area contributed by atoms with Crippen LogP contribution in [0.2, 0.25) is 0 Å². The molecule has 1 amide bonds. The van der Waals surface area contributed by atoms with Gasteiger partial charge in [-0.1, -0.05) is 36.4 Å². The van der Waals surface area contributed by atoms with E-state index in [0.717, 1.165) is 40.9 Å². The minimum absolute atomic E-state index is 0.0831. The minimum atomic E-state index is -1.68. The molecule has 1 aliphatic rings. The molecular weight excluding hydrogens is 465 g/mol. The number of hydrogen-bond acceptors (Lipinski definition) is 6. The summed E-state index contributed by atoms with van der Waals surface area (Å²) >= 11 is 0. The number of imidazole rings is 1. The van der Waals surface area contributed by atoms with Gasteiger partial charge in [-0.15, -0.1) is 0 Å². The van der Waals surface area contributed by atoms with Gasteiger partial charge in [-0.2, -0.15) is 0 Å². The molecule has 0 bridgehead atoms. The fourth-order valence-corrected chi connectivity index (χ4v) is 4.88. The van der Waals surface area contributed by atoms with Gasteiger partial charge in [0, 0.05) is 23.1 Å². The van der Waals surface area contributed by atoms with E-state index in [1.54, 1.807) is 24.4 Å². The summed E-state index contributed by atoms with van der Waals surface area (Å²) in [5.74, 6) is 0.572. The predicted octanol–water partition coefficient (Wildman–Crippen LogP) is 2.89. The Kier molecular flexibility index (Phi) is 5.79. The molecule has 0 radical (unpaired) electrons. The Balaban J connectivity index is 1.39. The minimum Gasteiger partial charge on any atom is -0.422 e. The lowest BCUT2D eigenvalue weighted by Crippen LogP contribution is -2.32. The van der Waals surface area contributed by atoms with Crippen molar-refractivity contribution in [2.45, 2.75) is 25.8 Å². The van der Waals surface area contributed by atoms with Crippen LogP contribution in [0.1, 0.15) is 39.6 Å². The van der Waals surface area contributed by atoms with Crippen molar-refractivity contribution in [3.05, 3.63) is 101 Å². The van der Waals surface area contributed by atoms with E-state index in [2.05, 4.69) is 21.4 Å². The Hall–Kier alpha value is -4.34. The number of amides is 1. The fourth-order valence-electron chi connectivity index (χ4n) is 4.88. The molecule has 9 heteroatoms. The number of nitrogens with one attached hydrogen (secondary N) is 1. The van der Waals surface area contributed by atoms with Gasteiger partial charge in [0.1, 0.15) is 11.3 Å². The summed E-state index contributed by atoms with van der Waals surface area (Å²) in [4.78, 5) is 26.4. The molecule has 37 heavy (non-hydrogen) atoms. The van der Waals surface area contributed by atoms with E-state index in [4.69, 9.17) is 4.98 Å². The highest BCUT2D eigenvalue weighted by molar-refractivity contribution is 6.57. The molecule has 2 aromatic carbocycles. The first-order valence-corrected chi connectivity index (χ1v) is 12.2. The second-order valence-corrected chi connectivity index (χ2v) is 9.23. The third-order valence-corrected chi connectivity index (χ3v) is 6.76. The van der Waals surface area contributed by atoms with Gasteiger partial charge in [0.25, 0.3) is 5.91 Å². The standard InChI is InChI=1S/C28H24BN5O3/c1-17-7-8-20(16-30-17)28(35)32-23-12-9-19-15-21(10-11-22(19)23)34-26(18-5-3-2-4-6-18)31-24-13-14-25(29(36)37)33-27(24)34/h2-8,10-11,13-16,23,36-37H,9,12H2,1H3,(H,32,35)/t23-/m0/s1. The van der Waals surface area contributed by atoms with Crippen LogP contribution in [0.25, 0.3) is 28.2 Å². The maximum absolute atomic E-state index is 12.8. The van der Waals surface area contributed by atoms with Crippen LogP contribution in [0.3, 0.4) is 0 Å². The first-order chi connectivity index (χ1) is 18.0. The number of carbonyl (C=O) groups excluding carboxylic acids is 1. The Morgan fingerprint density at radius 1 is 1.03 bits per heavy atom. The molecule has 3 heterocycles. The number of pyridine rings is 2. The SMILES string of the molecule is Cc1ccc(C(=O)N[C@H]2CCc3cc(-n4c(-c5ccccc5)nc5ccc(B(O)O)nc54)ccc32)cn1. The van der Waals surface area contributed by atoms with Crippen molar-refractivity contribution in [1.29, 1.82) is 0 Å². The highest BCUT2D eigenvalue weighted by atomic mass is 16.4. The van der Waals surface area contributed by atoms with Crippen LogP contribution in [0, 0.1) is 6.92 Å². The topological polar surface area (TPSA) is 113 Å². The van der Waals surface area contributed by atoms with Gasteiger partial charge in [-0.3, -0.25) is 14.3 Å². The molecule has 3 N–H and O–H groups in total. The molecule has 5 aromatic rings. The fraction of sp³-hybridized carbons (Fsp3) is 0.143. The molecule has 1 aliphatic carbocycles. The first kappa shape index (κ1) is 23.1. The van der Waals surface area contributed by atoms with Crippen LogP contribution in [-0.4, -0.2) is 42.6 Å². The van der Waals surface area contributed by atoms with E-state index < -0.39 is 7.12 Å². The third-order valence-electron chi connectivity index (χ3n) is 6.76. The lowest BCUT2D eigenvalue weighted by Gasteiger charge is -2.15. The molecule has 0 saturated heterocycles. The summed E-state index contributed by atoms with van der Waals surface area (Å²) in [6.07, 6.45) is 3.23. The zero-order chi connectivity index (χ0) is 25.5. The molecule has 0 fully saturated rings. The van der Waals surface area contributed by atoms with Crippen LogP contribution in [0.4, 0.5) is 0 Å². The van der Waals surface area contributed by atoms with Gasteiger partial charge in [-0.25, -0.2) is 9.97 Å². The average molecular weight is 489 g/mol. The quantitative estimate of drug-likeness (QED) is 0.328. The van der Waals surface area contributed by atoms with Crippen LogP contribution < -0.4 is 10.9 Å². The van der Waals surface area contributed by atoms with Gasteiger partial charge >= 0.3 is 7.12 Å². The van der Waals surface area contributed by atoms with E-state index in [0.29, 0.717) is 22.6 Å². The Morgan fingerprint density at radius 3 is 2.62 bits per heavy atom. The summed E-state index contributed by atoms with van der Waals surface area (Å²) in [6.45, 7) is 1.89. The Bertz CT molecular complexity index is 1620. The van der Waals surface area contributed by atoms with Crippen molar-refractivity contribution in [3.8, 4) is 17.1 Å². The van der Waals surface area contributed by atoms with Crippen molar-refractivity contribution >= 4 is 29.8 Å². The normalized spacial score (nSPS) is 14.5. The van der Waals surface area contributed by atoms with E-state index in [1.165, 1.54) is 0 Å². The summed E-state index contributed by atoms with van der Waals surface area (Å²) in [5.41, 5.74) is 6.78. The molecule has 0 aliphatic heterocycles. The number of carbonyl (C=O) groups is 1. The molecule has 3 aromatic heterocycles. The third kappa shape index (κ3) is 4.28. The number of benzene rings is 2. The zero-order valence-corrected chi connectivity index (χ0v) is 20.2. The molecule has 0 spiro atoms. The number of hydrogen-bond donors (Lipinski definition) is 3. The Morgan fingerprint density at radius 2 is 1.86 bits per heavy atom. The van der Waals surface area contributed by atoms with Gasteiger partial charge < -0.3 is 15.4 Å². The molecule has 1 atom stereocenters. The first-order valence-electron chi connectivity index (χ1n) is 12.2.